The summed E-state index contributed by atoms with van der Waals surface area (Å²) in [6, 6.07) is 12.4. The van der Waals surface area contributed by atoms with E-state index in [9.17, 15) is 8.78 Å². The minimum atomic E-state index is -2.90. The van der Waals surface area contributed by atoms with Crippen molar-refractivity contribution in [3.05, 3.63) is 58.6 Å². The molecule has 0 amide bonds. The number of halogens is 4. The molecule has 28 heavy (non-hydrogen) atoms. The van der Waals surface area contributed by atoms with Crippen LogP contribution in [0, 0.1) is 0 Å². The van der Waals surface area contributed by atoms with Crippen molar-refractivity contribution in [3.63, 3.8) is 0 Å². The Labute approximate surface area is 184 Å². The molecule has 1 aliphatic rings. The van der Waals surface area contributed by atoms with E-state index >= 15 is 0 Å². The van der Waals surface area contributed by atoms with E-state index < -0.39 is 6.61 Å². The molecule has 0 spiro atoms. The van der Waals surface area contributed by atoms with Gasteiger partial charge in [0.05, 0.1) is 12.6 Å². The minimum absolute atomic E-state index is 0. The van der Waals surface area contributed by atoms with Gasteiger partial charge in [-0.15, -0.1) is 24.0 Å². The zero-order chi connectivity index (χ0) is 19.2. The first kappa shape index (κ1) is 22.5. The van der Waals surface area contributed by atoms with Gasteiger partial charge in [0, 0.05) is 36.2 Å². The van der Waals surface area contributed by atoms with Gasteiger partial charge >= 0.3 is 6.61 Å². The van der Waals surface area contributed by atoms with E-state index in [0.717, 1.165) is 17.7 Å². The van der Waals surface area contributed by atoms with Crippen LogP contribution in [-0.4, -0.2) is 26.2 Å². The molecule has 0 radical (unpaired) electrons. The summed E-state index contributed by atoms with van der Waals surface area (Å²) in [6.45, 7) is -2.07. The van der Waals surface area contributed by atoms with Gasteiger partial charge in [0.1, 0.15) is 11.5 Å². The van der Waals surface area contributed by atoms with Crippen molar-refractivity contribution in [2.75, 3.05) is 13.7 Å². The number of benzene rings is 2. The van der Waals surface area contributed by atoms with Crippen molar-refractivity contribution in [1.82, 2.24) is 10.6 Å². The predicted octanol–water partition coefficient (Wildman–Crippen LogP) is 4.75. The first-order valence-electron chi connectivity index (χ1n) is 8.49. The van der Waals surface area contributed by atoms with E-state index in [1.807, 2.05) is 24.3 Å². The molecule has 0 fully saturated rings. The van der Waals surface area contributed by atoms with E-state index in [0.29, 0.717) is 23.2 Å². The number of guanidine groups is 1. The Kier molecular flexibility index (Phi) is 8.56. The number of hydrogen-bond acceptors (Lipinski definition) is 3. The van der Waals surface area contributed by atoms with E-state index in [2.05, 4.69) is 20.4 Å². The molecule has 0 saturated heterocycles. The summed E-state index contributed by atoms with van der Waals surface area (Å²) in [6.07, 6.45) is 0.786. The number of rotatable bonds is 5. The van der Waals surface area contributed by atoms with Gasteiger partial charge in [-0.05, 0) is 24.3 Å². The number of nitrogens with zero attached hydrogens (tertiary/aromatic N) is 1. The van der Waals surface area contributed by atoms with Crippen LogP contribution in [0.3, 0.4) is 0 Å². The molecule has 9 heteroatoms. The molecule has 1 heterocycles. The van der Waals surface area contributed by atoms with Crippen LogP contribution < -0.4 is 20.1 Å². The van der Waals surface area contributed by atoms with Crippen LogP contribution in [0.15, 0.2) is 47.5 Å². The largest absolute Gasteiger partial charge is 0.493 e. The second-order valence-corrected chi connectivity index (χ2v) is 6.36. The number of ether oxygens (including phenoxy) is 2. The van der Waals surface area contributed by atoms with Crippen LogP contribution >= 0.6 is 35.6 Å². The molecule has 5 nitrogen and oxygen atoms in total. The number of hydrogen-bond donors (Lipinski definition) is 2. The van der Waals surface area contributed by atoms with Gasteiger partial charge in [0.2, 0.25) is 0 Å². The molecule has 1 unspecified atom stereocenters. The Morgan fingerprint density at radius 2 is 2.11 bits per heavy atom. The van der Waals surface area contributed by atoms with E-state index in [4.69, 9.17) is 16.3 Å². The quantitative estimate of drug-likeness (QED) is 0.338. The predicted molar refractivity (Wildman–Crippen MR) is 116 cm³/mol. The summed E-state index contributed by atoms with van der Waals surface area (Å²) < 4.78 is 35.4. The molecule has 2 aromatic carbocycles. The van der Waals surface area contributed by atoms with Gasteiger partial charge < -0.3 is 20.1 Å². The average molecular weight is 524 g/mol. The van der Waals surface area contributed by atoms with Crippen molar-refractivity contribution in [2.45, 2.75) is 25.6 Å². The fourth-order valence-electron chi connectivity index (χ4n) is 2.93. The Morgan fingerprint density at radius 1 is 1.32 bits per heavy atom. The number of nitrogens with one attached hydrogen (secondary N) is 2. The summed E-state index contributed by atoms with van der Waals surface area (Å²) in [7, 11) is 1.65. The van der Waals surface area contributed by atoms with Crippen molar-refractivity contribution in [3.8, 4) is 11.5 Å². The first-order valence-corrected chi connectivity index (χ1v) is 8.86. The molecule has 0 saturated carbocycles. The first-order chi connectivity index (χ1) is 13.1. The fourth-order valence-corrected chi connectivity index (χ4v) is 3.12. The number of aliphatic imine (C=N–C) groups is 1. The highest BCUT2D eigenvalue weighted by Crippen LogP contribution is 2.31. The Morgan fingerprint density at radius 3 is 2.86 bits per heavy atom. The number of para-hydroxylation sites is 1. The summed E-state index contributed by atoms with van der Waals surface area (Å²) in [5, 5.41) is 6.90. The Bertz CT molecular complexity index is 824. The van der Waals surface area contributed by atoms with Gasteiger partial charge in [-0.3, -0.25) is 4.99 Å². The number of fused-ring (bicyclic) bond motifs is 1. The van der Waals surface area contributed by atoms with Crippen LogP contribution in [-0.2, 0) is 6.54 Å². The Hall–Kier alpha value is -1.81. The van der Waals surface area contributed by atoms with Gasteiger partial charge in [-0.2, -0.15) is 8.78 Å². The lowest BCUT2D eigenvalue weighted by Gasteiger charge is -2.28. The standard InChI is InChI=1S/C19H20ClF2N3O2.HI/c1-23-19(25-15-8-9-26-17-5-3-2-4-14(15)17)24-11-12-10-13(20)6-7-16(12)27-18(21)22;/h2-7,10,15,18H,8-9,11H2,1H3,(H2,23,24,25);1H. The van der Waals surface area contributed by atoms with Crippen molar-refractivity contribution in [1.29, 1.82) is 0 Å². The minimum Gasteiger partial charge on any atom is -0.493 e. The van der Waals surface area contributed by atoms with Crippen LogP contribution in [0.5, 0.6) is 11.5 Å². The molecule has 2 N–H and O–H groups in total. The maximum absolute atomic E-state index is 12.6. The third-order valence-corrected chi connectivity index (χ3v) is 4.41. The topological polar surface area (TPSA) is 54.9 Å². The van der Waals surface area contributed by atoms with Crippen molar-refractivity contribution in [2.24, 2.45) is 4.99 Å². The third kappa shape index (κ3) is 5.84. The third-order valence-electron chi connectivity index (χ3n) is 4.18. The van der Waals surface area contributed by atoms with Crippen LogP contribution in [0.2, 0.25) is 5.02 Å². The van der Waals surface area contributed by atoms with Crippen molar-refractivity contribution < 1.29 is 18.3 Å². The second kappa shape index (κ2) is 10.7. The zero-order valence-corrected chi connectivity index (χ0v) is 18.2. The monoisotopic (exact) mass is 523 g/mol. The fraction of sp³-hybridized carbons (Fsp3) is 0.316. The summed E-state index contributed by atoms with van der Waals surface area (Å²) in [4.78, 5) is 4.21. The van der Waals surface area contributed by atoms with Crippen LogP contribution in [0.1, 0.15) is 23.6 Å². The molecule has 0 aromatic heterocycles. The van der Waals surface area contributed by atoms with E-state index in [1.165, 1.54) is 12.1 Å². The van der Waals surface area contributed by atoms with Crippen LogP contribution in [0.25, 0.3) is 0 Å². The molecule has 1 aliphatic heterocycles. The molecule has 1 atom stereocenters. The van der Waals surface area contributed by atoms with E-state index in [1.54, 1.807) is 13.1 Å². The highest BCUT2D eigenvalue weighted by Gasteiger charge is 2.22. The maximum Gasteiger partial charge on any atom is 0.387 e. The number of alkyl halides is 2. The summed E-state index contributed by atoms with van der Waals surface area (Å²) in [5.41, 5.74) is 1.56. The molecule has 152 valence electrons. The van der Waals surface area contributed by atoms with Gasteiger partial charge in [0.25, 0.3) is 0 Å². The smallest absolute Gasteiger partial charge is 0.387 e. The van der Waals surface area contributed by atoms with Crippen LogP contribution in [0.4, 0.5) is 8.78 Å². The lowest BCUT2D eigenvalue weighted by molar-refractivity contribution is -0.0504. The Balaban J connectivity index is 0.00000280. The lowest BCUT2D eigenvalue weighted by Crippen LogP contribution is -2.40. The molecular weight excluding hydrogens is 503 g/mol. The molecule has 2 aromatic rings. The summed E-state index contributed by atoms with van der Waals surface area (Å²) in [5.74, 6) is 1.47. The van der Waals surface area contributed by atoms with E-state index in [-0.39, 0.29) is 42.3 Å². The van der Waals surface area contributed by atoms with Gasteiger partial charge in [-0.1, -0.05) is 29.8 Å². The molecule has 3 rings (SSSR count). The van der Waals surface area contributed by atoms with Crippen molar-refractivity contribution >= 4 is 41.5 Å². The molecule has 0 bridgehead atoms. The van der Waals surface area contributed by atoms with Gasteiger partial charge in [-0.25, -0.2) is 0 Å². The SMILES string of the molecule is CN=C(NCc1cc(Cl)ccc1OC(F)F)NC1CCOc2ccccc21.I. The second-order valence-electron chi connectivity index (χ2n) is 5.93. The lowest BCUT2D eigenvalue weighted by atomic mass is 10.0. The maximum atomic E-state index is 12.6. The highest BCUT2D eigenvalue weighted by atomic mass is 127. The molecule has 0 aliphatic carbocycles. The molecular formula is C19H21ClF2IN3O2. The van der Waals surface area contributed by atoms with Gasteiger partial charge in [0.15, 0.2) is 5.96 Å². The summed E-state index contributed by atoms with van der Waals surface area (Å²) >= 11 is 5.98. The average Bonchev–Trinajstić information content (AvgIpc) is 2.66. The zero-order valence-electron chi connectivity index (χ0n) is 15.1. The normalized spacial score (nSPS) is 15.9. The highest BCUT2D eigenvalue weighted by molar-refractivity contribution is 14.0.